The largest absolute Gasteiger partial charge is 0.273 e. The molecule has 0 spiro atoms. The summed E-state index contributed by atoms with van der Waals surface area (Å²) in [4.78, 5) is 21.1. The molecular weight excluding hydrogens is 260 g/mol. The van der Waals surface area contributed by atoms with Crippen LogP contribution in [0.15, 0.2) is 23.9 Å². The summed E-state index contributed by atoms with van der Waals surface area (Å²) in [5.41, 5.74) is 1.14. The molecule has 0 amide bonds. The Morgan fingerprint density at radius 1 is 1.15 bits per heavy atom. The molecule has 0 bridgehead atoms. The van der Waals surface area contributed by atoms with Crippen LogP contribution >= 0.6 is 0 Å². The molecule has 1 aromatic rings. The standard InChI is InChI=1S/C14H18N2O4/c1-9(2)12-6-5-11(8-14(12)16(19)20)7-13(10(3)4)15(17)18/h5-10H,1-4H3/b13-7-. The molecule has 0 saturated carbocycles. The Bertz CT molecular complexity index is 562. The van der Waals surface area contributed by atoms with Crippen molar-refractivity contribution in [3.8, 4) is 0 Å². The van der Waals surface area contributed by atoms with Gasteiger partial charge in [-0.25, -0.2) is 0 Å². The number of hydrogen-bond donors (Lipinski definition) is 0. The van der Waals surface area contributed by atoms with E-state index in [9.17, 15) is 20.2 Å². The maximum atomic E-state index is 11.1. The van der Waals surface area contributed by atoms with Crippen molar-refractivity contribution in [3.05, 3.63) is 55.3 Å². The van der Waals surface area contributed by atoms with Gasteiger partial charge in [0.05, 0.1) is 9.85 Å². The first-order valence-corrected chi connectivity index (χ1v) is 6.38. The third kappa shape index (κ3) is 3.63. The molecule has 0 aliphatic carbocycles. The van der Waals surface area contributed by atoms with E-state index in [1.165, 1.54) is 12.1 Å². The van der Waals surface area contributed by atoms with Gasteiger partial charge in [-0.2, -0.15) is 0 Å². The zero-order valence-electron chi connectivity index (χ0n) is 12.0. The number of nitro benzene ring substituents is 1. The van der Waals surface area contributed by atoms with Gasteiger partial charge in [0.1, 0.15) is 0 Å². The molecule has 0 unspecified atom stereocenters. The van der Waals surface area contributed by atoms with Gasteiger partial charge >= 0.3 is 0 Å². The highest BCUT2D eigenvalue weighted by Crippen LogP contribution is 2.28. The number of allylic oxidation sites excluding steroid dienone is 1. The molecule has 6 heteroatoms. The molecule has 6 nitrogen and oxygen atoms in total. The van der Waals surface area contributed by atoms with Crippen molar-refractivity contribution in [2.24, 2.45) is 5.92 Å². The van der Waals surface area contributed by atoms with E-state index < -0.39 is 9.85 Å². The van der Waals surface area contributed by atoms with Gasteiger partial charge in [-0.1, -0.05) is 39.8 Å². The fourth-order valence-corrected chi connectivity index (χ4v) is 1.90. The van der Waals surface area contributed by atoms with Crippen molar-refractivity contribution in [1.29, 1.82) is 0 Å². The minimum Gasteiger partial charge on any atom is -0.259 e. The minimum absolute atomic E-state index is 0.000189. The van der Waals surface area contributed by atoms with Gasteiger partial charge in [0.15, 0.2) is 0 Å². The summed E-state index contributed by atoms with van der Waals surface area (Å²) in [6, 6.07) is 4.72. The Labute approximate surface area is 117 Å². The van der Waals surface area contributed by atoms with Gasteiger partial charge in [0.2, 0.25) is 5.70 Å². The number of benzene rings is 1. The zero-order valence-corrected chi connectivity index (χ0v) is 12.0. The molecule has 0 saturated heterocycles. The minimum atomic E-state index is -0.452. The van der Waals surface area contributed by atoms with Crippen LogP contribution in [0.2, 0.25) is 0 Å². The highest BCUT2D eigenvalue weighted by Gasteiger charge is 2.19. The topological polar surface area (TPSA) is 86.3 Å². The summed E-state index contributed by atoms with van der Waals surface area (Å²) >= 11 is 0. The van der Waals surface area contributed by atoms with Gasteiger partial charge in [-0.05, 0) is 11.5 Å². The van der Waals surface area contributed by atoms with Crippen LogP contribution in [0.25, 0.3) is 6.08 Å². The lowest BCUT2D eigenvalue weighted by atomic mass is 9.98. The highest BCUT2D eigenvalue weighted by atomic mass is 16.6. The second kappa shape index (κ2) is 6.27. The van der Waals surface area contributed by atoms with E-state index in [2.05, 4.69) is 0 Å². The summed E-state index contributed by atoms with van der Waals surface area (Å²) in [6.45, 7) is 7.17. The van der Waals surface area contributed by atoms with Crippen molar-refractivity contribution in [2.45, 2.75) is 33.6 Å². The fourth-order valence-electron chi connectivity index (χ4n) is 1.90. The molecule has 108 valence electrons. The maximum Gasteiger partial charge on any atom is 0.273 e. The molecule has 0 aromatic heterocycles. The Morgan fingerprint density at radius 2 is 1.75 bits per heavy atom. The molecule has 1 aromatic carbocycles. The van der Waals surface area contributed by atoms with E-state index in [0.717, 1.165) is 0 Å². The summed E-state index contributed by atoms with van der Waals surface area (Å²) < 4.78 is 0. The predicted molar refractivity (Wildman–Crippen MR) is 77.0 cm³/mol. The SMILES string of the molecule is CC(C)/C(=C/c1ccc(C(C)C)c([N+](=O)[O-])c1)[N+](=O)[O-]. The molecule has 0 N–H and O–H groups in total. The van der Waals surface area contributed by atoms with E-state index in [4.69, 9.17) is 0 Å². The van der Waals surface area contributed by atoms with Crippen LogP contribution in [-0.2, 0) is 0 Å². The highest BCUT2D eigenvalue weighted by molar-refractivity contribution is 5.58. The lowest BCUT2D eigenvalue weighted by Crippen LogP contribution is -2.05. The van der Waals surface area contributed by atoms with Crippen LogP contribution in [0.5, 0.6) is 0 Å². The number of nitro groups is 2. The van der Waals surface area contributed by atoms with Gasteiger partial charge < -0.3 is 0 Å². The summed E-state index contributed by atoms with van der Waals surface area (Å²) in [5, 5.41) is 22.0. The Morgan fingerprint density at radius 3 is 2.15 bits per heavy atom. The number of rotatable bonds is 5. The van der Waals surface area contributed by atoms with Gasteiger partial charge in [0, 0.05) is 23.6 Å². The molecule has 0 radical (unpaired) electrons. The monoisotopic (exact) mass is 278 g/mol. The first-order chi connectivity index (χ1) is 9.23. The van der Waals surface area contributed by atoms with Crippen LogP contribution < -0.4 is 0 Å². The predicted octanol–water partition coefficient (Wildman–Crippen LogP) is 3.99. The van der Waals surface area contributed by atoms with Crippen LogP contribution in [0.4, 0.5) is 5.69 Å². The number of nitrogens with zero attached hydrogens (tertiary/aromatic N) is 2. The van der Waals surface area contributed by atoms with E-state index in [-0.39, 0.29) is 23.2 Å². The molecule has 0 heterocycles. The molecule has 0 aliphatic heterocycles. The molecule has 20 heavy (non-hydrogen) atoms. The number of hydrogen-bond acceptors (Lipinski definition) is 4. The quantitative estimate of drug-likeness (QED) is 0.601. The first-order valence-electron chi connectivity index (χ1n) is 6.38. The second-order valence-electron chi connectivity index (χ2n) is 5.21. The molecule has 0 atom stereocenters. The zero-order chi connectivity index (χ0) is 15.4. The van der Waals surface area contributed by atoms with Crippen molar-refractivity contribution in [3.63, 3.8) is 0 Å². The maximum absolute atomic E-state index is 11.1. The van der Waals surface area contributed by atoms with Gasteiger partial charge in [-0.15, -0.1) is 0 Å². The summed E-state index contributed by atoms with van der Waals surface area (Å²) in [6.07, 6.45) is 1.39. The lowest BCUT2D eigenvalue weighted by Gasteiger charge is -2.07. The van der Waals surface area contributed by atoms with Crippen LogP contribution in [0.3, 0.4) is 0 Å². The average Bonchev–Trinajstić information content (AvgIpc) is 2.34. The van der Waals surface area contributed by atoms with E-state index in [1.54, 1.807) is 26.0 Å². The smallest absolute Gasteiger partial charge is 0.259 e. The van der Waals surface area contributed by atoms with E-state index in [1.807, 2.05) is 13.8 Å². The Balaban J connectivity index is 3.35. The van der Waals surface area contributed by atoms with Gasteiger partial charge in [0.25, 0.3) is 5.69 Å². The fraction of sp³-hybridized carbons (Fsp3) is 0.429. The van der Waals surface area contributed by atoms with Crippen molar-refractivity contribution in [1.82, 2.24) is 0 Å². The average molecular weight is 278 g/mol. The first kappa shape index (κ1) is 15.8. The summed E-state index contributed by atoms with van der Waals surface area (Å²) in [7, 11) is 0. The molecular formula is C14H18N2O4. The van der Waals surface area contributed by atoms with Crippen molar-refractivity contribution < 1.29 is 9.85 Å². The normalized spacial score (nSPS) is 12.0. The third-order valence-electron chi connectivity index (χ3n) is 2.99. The third-order valence-corrected chi connectivity index (χ3v) is 2.99. The van der Waals surface area contributed by atoms with Crippen molar-refractivity contribution in [2.75, 3.05) is 0 Å². The lowest BCUT2D eigenvalue weighted by molar-refractivity contribution is -0.431. The Kier molecular flexibility index (Phi) is 4.96. The van der Waals surface area contributed by atoms with E-state index >= 15 is 0 Å². The molecule has 0 fully saturated rings. The second-order valence-corrected chi connectivity index (χ2v) is 5.21. The van der Waals surface area contributed by atoms with E-state index in [0.29, 0.717) is 11.1 Å². The Hall–Kier alpha value is -2.24. The van der Waals surface area contributed by atoms with Gasteiger partial charge in [-0.3, -0.25) is 20.2 Å². The van der Waals surface area contributed by atoms with Crippen molar-refractivity contribution >= 4 is 11.8 Å². The summed E-state index contributed by atoms with van der Waals surface area (Å²) in [5.74, 6) is -0.234. The molecule has 0 aliphatic rings. The van der Waals surface area contributed by atoms with Crippen LogP contribution in [0.1, 0.15) is 44.7 Å². The van der Waals surface area contributed by atoms with Crippen LogP contribution in [-0.4, -0.2) is 9.85 Å². The molecule has 1 rings (SSSR count). The van der Waals surface area contributed by atoms with Crippen LogP contribution in [0, 0.1) is 26.1 Å².